The fourth-order valence-electron chi connectivity index (χ4n) is 15.3. The fourth-order valence-corrected chi connectivity index (χ4v) is 17.8. The van der Waals surface area contributed by atoms with Crippen molar-refractivity contribution in [1.29, 1.82) is 0 Å². The van der Waals surface area contributed by atoms with Gasteiger partial charge in [-0.3, -0.25) is 9.97 Å². The molecule has 0 saturated carbocycles. The van der Waals surface area contributed by atoms with Gasteiger partial charge in [-0.15, -0.1) is 34.0 Å². The normalized spacial score (nSPS) is 14.1. The molecule has 0 amide bonds. The predicted molar refractivity (Wildman–Crippen MR) is 336 cm³/mol. The van der Waals surface area contributed by atoms with Crippen LogP contribution in [0.2, 0.25) is 0 Å². The van der Waals surface area contributed by atoms with E-state index in [0.29, 0.717) is 0 Å². The van der Waals surface area contributed by atoms with E-state index >= 15 is 0 Å². The Labute approximate surface area is 477 Å². The summed E-state index contributed by atoms with van der Waals surface area (Å²) >= 11 is 5.16. The molecule has 0 N–H and O–H groups in total. The molecule has 0 fully saturated rings. The average molecular weight is 1080 g/mol. The Hall–Kier alpha value is -9.50. The number of nitrogens with zero attached hydrogens (tertiary/aromatic N) is 4. The van der Waals surface area contributed by atoms with Crippen molar-refractivity contribution in [2.45, 2.75) is 10.8 Å². The molecule has 0 atom stereocenters. The molecule has 4 aromatic heterocycles. The van der Waals surface area contributed by atoms with Gasteiger partial charge >= 0.3 is 0 Å². The van der Waals surface area contributed by atoms with E-state index in [1.54, 1.807) is 22.7 Å². The Kier molecular flexibility index (Phi) is 8.81. The van der Waals surface area contributed by atoms with Crippen LogP contribution in [0.5, 0.6) is 0 Å². The molecule has 7 heteroatoms. The minimum atomic E-state index is -0.506. The minimum absolute atomic E-state index is 0.506. The molecule has 2 spiro atoms. The summed E-state index contributed by atoms with van der Waals surface area (Å²) in [4.78, 5) is 25.7. The zero-order chi connectivity index (χ0) is 52.7. The highest BCUT2D eigenvalue weighted by atomic mass is 32.1. The molecular formula is C74H40N4S3. The molecule has 0 bridgehead atoms. The van der Waals surface area contributed by atoms with E-state index in [2.05, 4.69) is 228 Å². The first-order chi connectivity index (χ1) is 40.2. The quantitative estimate of drug-likeness (QED) is 0.165. The van der Waals surface area contributed by atoms with E-state index in [-0.39, 0.29) is 0 Å². The van der Waals surface area contributed by atoms with Crippen molar-refractivity contribution in [2.24, 2.45) is 0 Å². The van der Waals surface area contributed by atoms with E-state index in [4.69, 9.17) is 9.97 Å². The van der Waals surface area contributed by atoms with Gasteiger partial charge in [0.05, 0.1) is 52.4 Å². The van der Waals surface area contributed by atoms with Crippen LogP contribution in [0.25, 0.3) is 130 Å². The van der Waals surface area contributed by atoms with Crippen LogP contribution >= 0.6 is 34.0 Å². The number of thiazole rings is 2. The van der Waals surface area contributed by atoms with E-state index in [9.17, 15) is 0 Å². The van der Waals surface area contributed by atoms with Gasteiger partial charge in [0.2, 0.25) is 0 Å². The second-order valence-electron chi connectivity index (χ2n) is 21.9. The average Bonchev–Trinajstić information content (AvgIpc) is 2.31. The Morgan fingerprint density at radius 1 is 0.284 bits per heavy atom. The standard InChI is InChI=1S/C74H40N4S3/c1-7-23-55-45(15-1)46-16-2-8-24-56(46)73(55)59-27-11-5-19-49(59)65-51(21-13-29-61(65)73)71-69-70(78-68-54-36-42(64-38-76-40-80-64)32-34-44(54)43-33-31-41(63-37-75-39-79-63)35-53(43)67(68)77-69)72(81-71)52-22-14-30-62-66(52)50-20-6-12-28-60(50)74(62)57-25-9-3-17-47(57)48-18-4-10-26-58(48)74/h1-40H. The molecule has 0 radical (unpaired) electrons. The van der Waals surface area contributed by atoms with Crippen molar-refractivity contribution in [2.75, 3.05) is 0 Å². The Bertz CT molecular complexity index is 4850. The van der Waals surface area contributed by atoms with Crippen molar-refractivity contribution in [3.05, 3.63) is 286 Å². The molecule has 0 aliphatic heterocycles. The molecule has 19 rings (SSSR count). The second kappa shape index (κ2) is 16.1. The Morgan fingerprint density at radius 2 is 0.617 bits per heavy atom. The first kappa shape index (κ1) is 44.4. The van der Waals surface area contributed by atoms with Crippen LogP contribution in [0, 0.1) is 0 Å². The molecular weight excluding hydrogens is 1040 g/mol. The lowest BCUT2D eigenvalue weighted by Crippen LogP contribution is -2.25. The zero-order valence-corrected chi connectivity index (χ0v) is 45.6. The number of benzene rings is 11. The maximum Gasteiger partial charge on any atom is 0.109 e. The highest BCUT2D eigenvalue weighted by Gasteiger charge is 2.54. The summed E-state index contributed by atoms with van der Waals surface area (Å²) in [7, 11) is 0. The van der Waals surface area contributed by atoms with Gasteiger partial charge in [-0.05, 0) is 123 Å². The molecule has 81 heavy (non-hydrogen) atoms. The van der Waals surface area contributed by atoms with E-state index in [1.807, 2.05) is 34.8 Å². The van der Waals surface area contributed by atoms with E-state index in [1.165, 1.54) is 100 Å². The number of aromatic nitrogens is 4. The Balaban J connectivity index is 0.965. The molecule has 0 saturated heterocycles. The lowest BCUT2D eigenvalue weighted by atomic mass is 9.70. The lowest BCUT2D eigenvalue weighted by Gasteiger charge is -2.30. The van der Waals surface area contributed by atoms with E-state index < -0.39 is 10.8 Å². The van der Waals surface area contributed by atoms with Crippen molar-refractivity contribution >= 4 is 77.6 Å². The minimum Gasteiger partial charge on any atom is -0.252 e. The van der Waals surface area contributed by atoms with Gasteiger partial charge in [-0.1, -0.05) is 206 Å². The fraction of sp³-hybridized carbons (Fsp3) is 0.0270. The molecule has 0 unspecified atom stereocenters. The van der Waals surface area contributed by atoms with Crippen LogP contribution in [0.15, 0.2) is 242 Å². The summed E-state index contributed by atoms with van der Waals surface area (Å²) < 4.78 is 0. The topological polar surface area (TPSA) is 51.6 Å². The Morgan fingerprint density at radius 3 is 0.988 bits per heavy atom. The highest BCUT2D eigenvalue weighted by molar-refractivity contribution is 7.21. The van der Waals surface area contributed by atoms with Crippen LogP contribution in [-0.2, 0) is 10.8 Å². The molecule has 4 heterocycles. The number of fused-ring (bicyclic) bond motifs is 27. The van der Waals surface area contributed by atoms with Gasteiger partial charge in [0, 0.05) is 34.3 Å². The third-order valence-corrected chi connectivity index (χ3v) is 21.2. The molecule has 4 aliphatic carbocycles. The van der Waals surface area contributed by atoms with Gasteiger partial charge < -0.3 is 0 Å². The van der Waals surface area contributed by atoms with Gasteiger partial charge in [0.1, 0.15) is 11.0 Å². The van der Waals surface area contributed by atoms with E-state index in [0.717, 1.165) is 74.2 Å². The molecule has 15 aromatic rings. The van der Waals surface area contributed by atoms with Gasteiger partial charge in [0.25, 0.3) is 0 Å². The van der Waals surface area contributed by atoms with Crippen LogP contribution in [0.1, 0.15) is 44.5 Å². The van der Waals surface area contributed by atoms with Gasteiger partial charge in [0.15, 0.2) is 0 Å². The third-order valence-electron chi connectivity index (χ3n) is 18.3. The van der Waals surface area contributed by atoms with Crippen LogP contribution in [0.3, 0.4) is 0 Å². The molecule has 4 aliphatic rings. The SMILES string of the molecule is c1ccc2c(c1)-c1ccccc1C21c2ccccc2-c2c(-c3sc(-c4cccc5c4-c4ccccc4C54c5ccccc5-c5ccccc54)c4nc5c6cc(-c7cncs7)ccc6c6ccc(-c7cncs7)cc6c5nc34)cccc21. The maximum absolute atomic E-state index is 6.13. The van der Waals surface area contributed by atoms with Crippen molar-refractivity contribution in [1.82, 2.24) is 19.9 Å². The van der Waals surface area contributed by atoms with Crippen LogP contribution in [0.4, 0.5) is 0 Å². The lowest BCUT2D eigenvalue weighted by molar-refractivity contribution is 0.794. The number of rotatable bonds is 4. The summed E-state index contributed by atoms with van der Waals surface area (Å²) in [6.45, 7) is 0. The van der Waals surface area contributed by atoms with Crippen LogP contribution < -0.4 is 0 Å². The third kappa shape index (κ3) is 5.53. The van der Waals surface area contributed by atoms with Crippen molar-refractivity contribution in [3.63, 3.8) is 0 Å². The molecule has 4 nitrogen and oxygen atoms in total. The first-order valence-corrected chi connectivity index (χ1v) is 30.0. The summed E-state index contributed by atoms with van der Waals surface area (Å²) in [6, 6.07) is 82.4. The monoisotopic (exact) mass is 1080 g/mol. The van der Waals surface area contributed by atoms with Crippen LogP contribution in [-0.4, -0.2) is 19.9 Å². The summed E-state index contributed by atoms with van der Waals surface area (Å²) in [5, 5.41) is 4.42. The maximum atomic E-state index is 6.13. The highest BCUT2D eigenvalue weighted by Crippen LogP contribution is 2.67. The number of hydrogen-bond donors (Lipinski definition) is 0. The first-order valence-electron chi connectivity index (χ1n) is 27.5. The molecule has 11 aromatic carbocycles. The smallest absolute Gasteiger partial charge is 0.109 e. The summed E-state index contributed by atoms with van der Waals surface area (Å²) in [6.07, 6.45) is 3.93. The summed E-state index contributed by atoms with van der Waals surface area (Å²) in [5.41, 5.74) is 31.6. The zero-order valence-electron chi connectivity index (χ0n) is 43.1. The van der Waals surface area contributed by atoms with Gasteiger partial charge in [-0.25, -0.2) is 9.97 Å². The van der Waals surface area contributed by atoms with Gasteiger partial charge in [-0.2, -0.15) is 0 Å². The van der Waals surface area contributed by atoms with Crippen molar-refractivity contribution in [3.8, 4) is 86.3 Å². The number of thiophene rings is 1. The van der Waals surface area contributed by atoms with Crippen molar-refractivity contribution < 1.29 is 0 Å². The molecule has 374 valence electrons. The summed E-state index contributed by atoms with van der Waals surface area (Å²) in [5.74, 6) is 0. The predicted octanol–water partition coefficient (Wildman–Crippen LogP) is 19.4. The largest absolute Gasteiger partial charge is 0.252 e. The number of hydrogen-bond acceptors (Lipinski definition) is 7. The second-order valence-corrected chi connectivity index (χ2v) is 24.7.